The maximum atomic E-state index is 12.8. The van der Waals surface area contributed by atoms with Crippen molar-refractivity contribution in [2.75, 3.05) is 24.3 Å². The fraction of sp³-hybridized carbons (Fsp3) is 0.381. The second kappa shape index (κ2) is 7.04. The molecule has 0 saturated heterocycles. The van der Waals surface area contributed by atoms with Gasteiger partial charge >= 0.3 is 5.97 Å². The Bertz CT molecular complexity index is 992. The van der Waals surface area contributed by atoms with E-state index in [4.69, 9.17) is 10.5 Å². The molecular weight excluding hydrogens is 356 g/mol. The number of nitrogens with zero attached hydrogens (tertiary/aromatic N) is 3. The van der Waals surface area contributed by atoms with Gasteiger partial charge in [-0.1, -0.05) is 20.8 Å². The van der Waals surface area contributed by atoms with Crippen LogP contribution in [0.3, 0.4) is 0 Å². The lowest BCUT2D eigenvalue weighted by Crippen LogP contribution is -2.42. The van der Waals surface area contributed by atoms with Gasteiger partial charge in [0, 0.05) is 29.5 Å². The molecule has 0 fully saturated rings. The number of amides is 1. The van der Waals surface area contributed by atoms with E-state index in [-0.39, 0.29) is 22.9 Å². The third-order valence-electron chi connectivity index (χ3n) is 4.89. The van der Waals surface area contributed by atoms with Gasteiger partial charge in [0.15, 0.2) is 5.69 Å². The van der Waals surface area contributed by atoms with E-state index in [1.165, 1.54) is 13.3 Å². The minimum absolute atomic E-state index is 0.0772. The van der Waals surface area contributed by atoms with Crippen LogP contribution in [0, 0.1) is 16.7 Å². The summed E-state index contributed by atoms with van der Waals surface area (Å²) in [5, 5.41) is 9.28. The zero-order valence-electron chi connectivity index (χ0n) is 16.6. The summed E-state index contributed by atoms with van der Waals surface area (Å²) in [6.45, 7) is 6.41. The minimum Gasteiger partial charge on any atom is -0.464 e. The number of fused-ring (bicyclic) bond motifs is 1. The number of methoxy groups -OCH3 is 1. The number of ether oxygens (including phenoxy) is 1. The molecule has 2 aromatic rings. The Hall–Kier alpha value is -3.27. The van der Waals surface area contributed by atoms with Crippen molar-refractivity contribution >= 4 is 23.3 Å². The first-order valence-electron chi connectivity index (χ1n) is 9.13. The summed E-state index contributed by atoms with van der Waals surface area (Å²) in [5.41, 5.74) is 8.53. The number of benzene rings is 1. The molecule has 1 aromatic carbocycles. The Morgan fingerprint density at radius 3 is 2.61 bits per heavy atom. The van der Waals surface area contributed by atoms with E-state index >= 15 is 0 Å². The second-order valence-corrected chi connectivity index (χ2v) is 7.90. The molecule has 1 aliphatic rings. The molecule has 0 aliphatic carbocycles. The first-order valence-corrected chi connectivity index (χ1v) is 9.13. The molecule has 0 saturated carbocycles. The number of carbonyl (C=O) groups excluding carboxylic acids is 2. The van der Waals surface area contributed by atoms with Gasteiger partial charge < -0.3 is 19.9 Å². The highest BCUT2D eigenvalue weighted by molar-refractivity contribution is 5.98. The largest absolute Gasteiger partial charge is 0.464 e. The highest BCUT2D eigenvalue weighted by atomic mass is 16.5. The van der Waals surface area contributed by atoms with E-state index in [0.29, 0.717) is 12.2 Å². The van der Waals surface area contributed by atoms with Crippen molar-refractivity contribution in [1.29, 1.82) is 5.26 Å². The molecule has 2 heterocycles. The Morgan fingerprint density at radius 1 is 1.29 bits per heavy atom. The lowest BCUT2D eigenvalue weighted by molar-refractivity contribution is -0.125. The maximum absolute atomic E-state index is 12.8. The van der Waals surface area contributed by atoms with Crippen molar-refractivity contribution in [1.82, 2.24) is 4.57 Å². The number of nitriles is 1. The molecule has 28 heavy (non-hydrogen) atoms. The Labute approximate surface area is 164 Å². The van der Waals surface area contributed by atoms with Crippen molar-refractivity contribution < 1.29 is 14.3 Å². The summed E-state index contributed by atoms with van der Waals surface area (Å²) in [5.74, 6) is -0.533. The number of hydrogen-bond donors (Lipinski definition) is 1. The number of hydrogen-bond acceptors (Lipinski definition) is 5. The van der Waals surface area contributed by atoms with E-state index in [2.05, 4.69) is 0 Å². The maximum Gasteiger partial charge on any atom is 0.357 e. The molecule has 1 aliphatic heterocycles. The van der Waals surface area contributed by atoms with Crippen molar-refractivity contribution in [2.45, 2.75) is 33.6 Å². The molecule has 0 spiro atoms. The molecule has 2 N–H and O–H groups in total. The zero-order chi connectivity index (χ0) is 20.6. The van der Waals surface area contributed by atoms with Gasteiger partial charge in [-0.2, -0.15) is 5.26 Å². The van der Waals surface area contributed by atoms with E-state index in [0.717, 1.165) is 24.1 Å². The van der Waals surface area contributed by atoms with Gasteiger partial charge in [-0.25, -0.2) is 4.79 Å². The van der Waals surface area contributed by atoms with Crippen LogP contribution in [0.4, 0.5) is 11.4 Å². The first kappa shape index (κ1) is 19.5. The topological polar surface area (TPSA) is 101 Å². The second-order valence-electron chi connectivity index (χ2n) is 7.90. The molecule has 1 amide bonds. The summed E-state index contributed by atoms with van der Waals surface area (Å²) < 4.78 is 6.41. The van der Waals surface area contributed by atoms with Crippen LogP contribution in [0.2, 0.25) is 0 Å². The molecule has 7 nitrogen and oxygen atoms in total. The van der Waals surface area contributed by atoms with E-state index < -0.39 is 11.4 Å². The van der Waals surface area contributed by atoms with Crippen LogP contribution in [0.5, 0.6) is 0 Å². The molecule has 1 aromatic heterocycles. The number of anilines is 2. The van der Waals surface area contributed by atoms with Crippen LogP contribution in [-0.4, -0.2) is 30.1 Å². The minimum atomic E-state index is -0.610. The predicted octanol–water partition coefficient (Wildman–Crippen LogP) is 3.04. The van der Waals surface area contributed by atoms with Gasteiger partial charge in [0.1, 0.15) is 6.07 Å². The highest BCUT2D eigenvalue weighted by Gasteiger charge is 2.31. The highest BCUT2D eigenvalue weighted by Crippen LogP contribution is 2.34. The molecule has 0 unspecified atom stereocenters. The summed E-state index contributed by atoms with van der Waals surface area (Å²) in [6, 6.07) is 7.64. The van der Waals surface area contributed by atoms with Crippen LogP contribution in [0.15, 0.2) is 24.4 Å². The van der Waals surface area contributed by atoms with E-state index in [1.807, 2.05) is 49.9 Å². The van der Waals surface area contributed by atoms with E-state index in [1.54, 1.807) is 4.57 Å². The summed E-state index contributed by atoms with van der Waals surface area (Å²) in [6.07, 6.45) is 3.22. The van der Waals surface area contributed by atoms with Crippen LogP contribution >= 0.6 is 0 Å². The average Bonchev–Trinajstić information content (AvgIpc) is 3.01. The zero-order valence-corrected chi connectivity index (χ0v) is 16.6. The van der Waals surface area contributed by atoms with Crippen LogP contribution in [-0.2, 0) is 16.0 Å². The monoisotopic (exact) mass is 380 g/mol. The van der Waals surface area contributed by atoms with Gasteiger partial charge in [0.25, 0.3) is 0 Å². The number of esters is 1. The third kappa shape index (κ3) is 3.22. The Kier molecular flexibility index (Phi) is 4.90. The lowest BCUT2D eigenvalue weighted by atomic mass is 9.92. The number of rotatable bonds is 2. The van der Waals surface area contributed by atoms with Crippen molar-refractivity contribution in [3.05, 3.63) is 41.2 Å². The first-order chi connectivity index (χ1) is 13.2. The van der Waals surface area contributed by atoms with Gasteiger partial charge in [0.05, 0.1) is 18.4 Å². The van der Waals surface area contributed by atoms with Crippen LogP contribution < -0.4 is 10.6 Å². The van der Waals surface area contributed by atoms with Gasteiger partial charge in [-0.3, -0.25) is 4.79 Å². The van der Waals surface area contributed by atoms with Gasteiger partial charge in [-0.15, -0.1) is 0 Å². The van der Waals surface area contributed by atoms with Crippen molar-refractivity contribution in [2.24, 2.45) is 5.41 Å². The molecule has 3 rings (SSSR count). The molecule has 0 radical (unpaired) electrons. The number of carbonyl (C=O) groups is 2. The van der Waals surface area contributed by atoms with E-state index in [9.17, 15) is 14.9 Å². The standard InChI is InChI=1S/C21H24N4O3/c1-21(2,3)20(27)24-9-5-6-13-10-15(7-8-16(13)24)25-12-14(11-22)17(23)18(25)19(26)28-4/h7-8,10,12H,5-6,9,23H2,1-4H3. The molecule has 0 bridgehead atoms. The van der Waals surface area contributed by atoms with Gasteiger partial charge in [-0.05, 0) is 36.6 Å². The Morgan fingerprint density at radius 2 is 2.00 bits per heavy atom. The third-order valence-corrected chi connectivity index (χ3v) is 4.89. The fourth-order valence-electron chi connectivity index (χ4n) is 3.47. The van der Waals surface area contributed by atoms with Crippen molar-refractivity contribution in [3.8, 4) is 11.8 Å². The normalized spacial score (nSPS) is 13.6. The smallest absolute Gasteiger partial charge is 0.357 e. The number of nitrogen functional groups attached to an aromatic ring is 1. The van der Waals surface area contributed by atoms with Gasteiger partial charge in [0.2, 0.25) is 5.91 Å². The fourth-order valence-corrected chi connectivity index (χ4v) is 3.47. The summed E-state index contributed by atoms with van der Waals surface area (Å²) >= 11 is 0. The molecular formula is C21H24N4O3. The number of aryl methyl sites for hydroxylation is 1. The molecule has 7 heteroatoms. The Balaban J connectivity index is 2.10. The SMILES string of the molecule is COC(=O)c1c(N)c(C#N)cn1-c1ccc2c(c1)CCCN2C(=O)C(C)(C)C. The number of aromatic nitrogens is 1. The van der Waals surface area contributed by atoms with Crippen molar-refractivity contribution in [3.63, 3.8) is 0 Å². The molecule has 0 atom stereocenters. The lowest BCUT2D eigenvalue weighted by Gasteiger charge is -2.34. The quantitative estimate of drug-likeness (QED) is 0.807. The summed E-state index contributed by atoms with van der Waals surface area (Å²) in [7, 11) is 1.27. The average molecular weight is 380 g/mol. The van der Waals surface area contributed by atoms with Crippen LogP contribution in [0.25, 0.3) is 5.69 Å². The summed E-state index contributed by atoms with van der Waals surface area (Å²) in [4.78, 5) is 26.9. The van der Waals surface area contributed by atoms with Crippen LogP contribution in [0.1, 0.15) is 48.8 Å². The molecule has 146 valence electrons. The number of nitrogens with two attached hydrogens (primary N) is 1. The predicted molar refractivity (Wildman–Crippen MR) is 106 cm³/mol.